The van der Waals surface area contributed by atoms with Gasteiger partial charge in [-0.1, -0.05) is 6.08 Å². The lowest BCUT2D eigenvalue weighted by Crippen LogP contribution is -2.53. The highest BCUT2D eigenvalue weighted by Crippen LogP contribution is 2.16. The number of hydrogen-bond donors (Lipinski definition) is 3. The molecule has 6 heteroatoms. The number of urea groups is 1. The number of piperidine rings is 1. The number of hydrogen-bond acceptors (Lipinski definition) is 3. The second kappa shape index (κ2) is 7.00. The van der Waals surface area contributed by atoms with Crippen LogP contribution in [0.3, 0.4) is 0 Å². The summed E-state index contributed by atoms with van der Waals surface area (Å²) in [6.45, 7) is 3.93. The Kier molecular flexibility index (Phi) is 5.64. The molecule has 1 aliphatic heterocycles. The zero-order valence-electron chi connectivity index (χ0n) is 10.3. The molecule has 1 heterocycles. The molecular formula is C12H20N2O4. The first kappa shape index (κ1) is 14.5. The summed E-state index contributed by atoms with van der Waals surface area (Å²) in [5.74, 6) is -1.08. The minimum atomic E-state index is -1.08. The molecule has 18 heavy (non-hydrogen) atoms. The van der Waals surface area contributed by atoms with Crippen molar-refractivity contribution in [2.75, 3.05) is 13.2 Å². The quantitative estimate of drug-likeness (QED) is 0.627. The van der Waals surface area contributed by atoms with Gasteiger partial charge < -0.3 is 20.4 Å². The first-order valence-corrected chi connectivity index (χ1v) is 6.11. The Morgan fingerprint density at radius 2 is 2.22 bits per heavy atom. The molecule has 1 rings (SSSR count). The van der Waals surface area contributed by atoms with Crippen LogP contribution in [0.25, 0.3) is 0 Å². The molecule has 0 spiro atoms. The Morgan fingerprint density at radius 3 is 2.78 bits per heavy atom. The van der Waals surface area contributed by atoms with E-state index in [0.29, 0.717) is 6.54 Å². The van der Waals surface area contributed by atoms with E-state index in [9.17, 15) is 14.7 Å². The van der Waals surface area contributed by atoms with Gasteiger partial charge in [-0.15, -0.1) is 6.58 Å². The molecule has 3 N–H and O–H groups in total. The highest BCUT2D eigenvalue weighted by Gasteiger charge is 2.28. The van der Waals surface area contributed by atoms with Gasteiger partial charge in [0.2, 0.25) is 0 Å². The Morgan fingerprint density at radius 1 is 1.50 bits per heavy atom. The Labute approximate surface area is 106 Å². The van der Waals surface area contributed by atoms with Crippen LogP contribution < -0.4 is 5.32 Å². The molecule has 0 radical (unpaired) electrons. The third-order valence-corrected chi connectivity index (χ3v) is 3.10. The third-order valence-electron chi connectivity index (χ3n) is 3.10. The number of carboxylic acid groups (broad SMARTS) is 1. The predicted molar refractivity (Wildman–Crippen MR) is 66.2 cm³/mol. The number of amides is 2. The lowest BCUT2D eigenvalue weighted by atomic mass is 10.0. The number of nitrogens with zero attached hydrogens (tertiary/aromatic N) is 1. The maximum absolute atomic E-state index is 12.0. The van der Waals surface area contributed by atoms with E-state index >= 15 is 0 Å². The van der Waals surface area contributed by atoms with E-state index in [1.165, 1.54) is 11.0 Å². The van der Waals surface area contributed by atoms with Crippen molar-refractivity contribution < 1.29 is 19.8 Å². The molecule has 6 nitrogen and oxygen atoms in total. The molecule has 0 aromatic heterocycles. The number of carbonyl (C=O) groups is 2. The van der Waals surface area contributed by atoms with Gasteiger partial charge in [0, 0.05) is 6.54 Å². The van der Waals surface area contributed by atoms with Crippen LogP contribution in [0, 0.1) is 0 Å². The zero-order valence-corrected chi connectivity index (χ0v) is 10.3. The first-order chi connectivity index (χ1) is 8.60. The van der Waals surface area contributed by atoms with Gasteiger partial charge in [-0.2, -0.15) is 0 Å². The van der Waals surface area contributed by atoms with Crippen molar-refractivity contribution in [1.29, 1.82) is 0 Å². The third kappa shape index (κ3) is 3.73. The van der Waals surface area contributed by atoms with Crippen molar-refractivity contribution in [2.45, 2.75) is 37.8 Å². The number of aliphatic hydroxyl groups is 1. The summed E-state index contributed by atoms with van der Waals surface area (Å²) in [4.78, 5) is 24.4. The smallest absolute Gasteiger partial charge is 0.326 e. The van der Waals surface area contributed by atoms with Crippen molar-refractivity contribution in [3.8, 4) is 0 Å². The number of carbonyl (C=O) groups excluding carboxylic acids is 1. The standard InChI is InChI=1S/C12H20N2O4/c1-2-5-10(11(16)17)13-12(18)14-7-4-3-6-9(14)8-15/h2,9-10,15H,1,3-8H2,(H,13,18)(H,16,17). The Hall–Kier alpha value is -1.56. The van der Waals surface area contributed by atoms with Crippen molar-refractivity contribution in [2.24, 2.45) is 0 Å². The number of aliphatic carboxylic acids is 1. The van der Waals surface area contributed by atoms with Crippen molar-refractivity contribution in [1.82, 2.24) is 10.2 Å². The topological polar surface area (TPSA) is 89.9 Å². The lowest BCUT2D eigenvalue weighted by Gasteiger charge is -2.35. The molecule has 1 saturated heterocycles. The summed E-state index contributed by atoms with van der Waals surface area (Å²) in [6.07, 6.45) is 4.24. The van der Waals surface area contributed by atoms with E-state index in [1.807, 2.05) is 0 Å². The van der Waals surface area contributed by atoms with Crippen LogP contribution >= 0.6 is 0 Å². The molecule has 0 aliphatic carbocycles. The maximum atomic E-state index is 12.0. The van der Waals surface area contributed by atoms with E-state index in [-0.39, 0.29) is 19.1 Å². The number of aliphatic hydroxyl groups excluding tert-OH is 1. The van der Waals surface area contributed by atoms with Gasteiger partial charge in [-0.3, -0.25) is 0 Å². The van der Waals surface area contributed by atoms with Crippen molar-refractivity contribution >= 4 is 12.0 Å². The SMILES string of the molecule is C=CCC(NC(=O)N1CCCCC1CO)C(=O)O. The number of carboxylic acids is 1. The van der Waals surface area contributed by atoms with Crippen LogP contribution in [0.2, 0.25) is 0 Å². The summed E-state index contributed by atoms with van der Waals surface area (Å²) in [7, 11) is 0. The average molecular weight is 256 g/mol. The van der Waals surface area contributed by atoms with Gasteiger partial charge in [0.25, 0.3) is 0 Å². The minimum Gasteiger partial charge on any atom is -0.480 e. The number of rotatable bonds is 5. The average Bonchev–Trinajstić information content (AvgIpc) is 2.37. The fourth-order valence-corrected chi connectivity index (χ4v) is 2.08. The summed E-state index contributed by atoms with van der Waals surface area (Å²) in [5.41, 5.74) is 0. The largest absolute Gasteiger partial charge is 0.480 e. The fraction of sp³-hybridized carbons (Fsp3) is 0.667. The van der Waals surface area contributed by atoms with E-state index < -0.39 is 18.0 Å². The second-order valence-corrected chi connectivity index (χ2v) is 4.39. The van der Waals surface area contributed by atoms with Crippen LogP contribution in [-0.2, 0) is 4.79 Å². The second-order valence-electron chi connectivity index (χ2n) is 4.39. The van der Waals surface area contributed by atoms with Gasteiger partial charge in [-0.25, -0.2) is 9.59 Å². The van der Waals surface area contributed by atoms with Gasteiger partial charge in [0.05, 0.1) is 12.6 Å². The van der Waals surface area contributed by atoms with E-state index in [0.717, 1.165) is 19.3 Å². The van der Waals surface area contributed by atoms with Gasteiger partial charge in [0.15, 0.2) is 0 Å². The van der Waals surface area contributed by atoms with E-state index in [2.05, 4.69) is 11.9 Å². The van der Waals surface area contributed by atoms with Crippen molar-refractivity contribution in [3.05, 3.63) is 12.7 Å². The highest BCUT2D eigenvalue weighted by atomic mass is 16.4. The Bertz CT molecular complexity index is 319. The van der Waals surface area contributed by atoms with Gasteiger partial charge >= 0.3 is 12.0 Å². The molecule has 2 atom stereocenters. The molecule has 0 saturated carbocycles. The number of likely N-dealkylation sites (tertiary alicyclic amines) is 1. The molecule has 2 amide bonds. The summed E-state index contributed by atoms with van der Waals surface area (Å²) in [5, 5.41) is 20.6. The first-order valence-electron chi connectivity index (χ1n) is 6.11. The summed E-state index contributed by atoms with van der Waals surface area (Å²) >= 11 is 0. The molecule has 0 bridgehead atoms. The van der Waals surface area contributed by atoms with Crippen LogP contribution in [0.1, 0.15) is 25.7 Å². The van der Waals surface area contributed by atoms with Gasteiger partial charge in [0.1, 0.15) is 6.04 Å². The monoisotopic (exact) mass is 256 g/mol. The van der Waals surface area contributed by atoms with Crippen LogP contribution in [0.15, 0.2) is 12.7 Å². The summed E-state index contributed by atoms with van der Waals surface area (Å²) in [6, 6.07) is -1.60. The van der Waals surface area contributed by atoms with Crippen molar-refractivity contribution in [3.63, 3.8) is 0 Å². The zero-order chi connectivity index (χ0) is 13.5. The molecule has 1 fully saturated rings. The fourth-order valence-electron chi connectivity index (χ4n) is 2.08. The Balaban J connectivity index is 2.61. The lowest BCUT2D eigenvalue weighted by molar-refractivity contribution is -0.139. The summed E-state index contributed by atoms with van der Waals surface area (Å²) < 4.78 is 0. The highest BCUT2D eigenvalue weighted by molar-refractivity contribution is 5.82. The van der Waals surface area contributed by atoms with Crippen LogP contribution in [0.4, 0.5) is 4.79 Å². The molecule has 2 unspecified atom stereocenters. The van der Waals surface area contributed by atoms with Crippen LogP contribution in [-0.4, -0.2) is 52.3 Å². The predicted octanol–water partition coefficient (Wildman–Crippen LogP) is 0.572. The molecule has 0 aromatic rings. The van der Waals surface area contributed by atoms with Gasteiger partial charge in [-0.05, 0) is 25.7 Å². The van der Waals surface area contributed by atoms with E-state index in [1.54, 1.807) is 0 Å². The number of nitrogens with one attached hydrogen (secondary N) is 1. The van der Waals surface area contributed by atoms with Crippen LogP contribution in [0.5, 0.6) is 0 Å². The maximum Gasteiger partial charge on any atom is 0.326 e. The normalized spacial score (nSPS) is 21.2. The molecule has 1 aliphatic rings. The molecule has 0 aromatic carbocycles. The van der Waals surface area contributed by atoms with E-state index in [4.69, 9.17) is 5.11 Å². The molecular weight excluding hydrogens is 236 g/mol. The molecule has 102 valence electrons. The minimum absolute atomic E-state index is 0.0907.